The molecule has 8 nitrogen and oxygen atoms in total. The summed E-state index contributed by atoms with van der Waals surface area (Å²) in [5.74, 6) is -0.317. The normalized spacial score (nSPS) is 15.2. The molecular weight excluding hydrogens is 444 g/mol. The Balaban J connectivity index is 1.38. The first-order valence-corrected chi connectivity index (χ1v) is 11.9. The van der Waals surface area contributed by atoms with Crippen molar-refractivity contribution in [3.8, 4) is 0 Å². The number of hydrogen-bond acceptors (Lipinski definition) is 5. The van der Waals surface area contributed by atoms with E-state index < -0.39 is 11.6 Å². The predicted octanol–water partition coefficient (Wildman–Crippen LogP) is 3.47. The minimum Gasteiger partial charge on any atom is -0.460 e. The van der Waals surface area contributed by atoms with Gasteiger partial charge in [0.1, 0.15) is 11.6 Å². The number of amides is 2. The maximum atomic E-state index is 13.2. The summed E-state index contributed by atoms with van der Waals surface area (Å²) in [7, 11) is 0. The molecule has 1 aromatic heterocycles. The predicted molar refractivity (Wildman–Crippen MR) is 133 cm³/mol. The molecule has 1 saturated heterocycles. The largest absolute Gasteiger partial charge is 0.460 e. The van der Waals surface area contributed by atoms with Gasteiger partial charge in [0.15, 0.2) is 0 Å². The fraction of sp³-hybridized carbons (Fsp3) is 0.407. The van der Waals surface area contributed by atoms with Crippen molar-refractivity contribution >= 4 is 28.7 Å². The van der Waals surface area contributed by atoms with Crippen LogP contribution in [-0.2, 0) is 20.7 Å². The van der Waals surface area contributed by atoms with Crippen LogP contribution in [-0.4, -0.2) is 69.1 Å². The van der Waals surface area contributed by atoms with Crippen LogP contribution in [0.25, 0.3) is 10.9 Å². The highest BCUT2D eigenvalue weighted by molar-refractivity contribution is 5.94. The lowest BCUT2D eigenvalue weighted by Gasteiger charge is -2.36. The van der Waals surface area contributed by atoms with Gasteiger partial charge in [-0.05, 0) is 57.5 Å². The number of nitrogens with zero attached hydrogens (tertiary/aromatic N) is 4. The molecule has 8 heteroatoms. The molecule has 0 spiro atoms. The van der Waals surface area contributed by atoms with Crippen LogP contribution in [0.2, 0.25) is 0 Å². The van der Waals surface area contributed by atoms with Gasteiger partial charge in [0.2, 0.25) is 5.91 Å². The summed E-state index contributed by atoms with van der Waals surface area (Å²) in [4.78, 5) is 41.6. The summed E-state index contributed by atoms with van der Waals surface area (Å²) in [6, 6.07) is 14.4. The van der Waals surface area contributed by atoms with E-state index in [-0.39, 0.29) is 24.2 Å². The molecule has 35 heavy (non-hydrogen) atoms. The summed E-state index contributed by atoms with van der Waals surface area (Å²) in [5.41, 5.74) is 1.73. The molecule has 1 atom stereocenters. The summed E-state index contributed by atoms with van der Waals surface area (Å²) in [6.45, 7) is 9.34. The molecule has 1 aliphatic rings. The summed E-state index contributed by atoms with van der Waals surface area (Å²) in [6.07, 6.45) is 2.02. The van der Waals surface area contributed by atoms with Gasteiger partial charge in [0, 0.05) is 43.3 Å². The fourth-order valence-corrected chi connectivity index (χ4v) is 4.22. The molecule has 4 rings (SSSR count). The van der Waals surface area contributed by atoms with Gasteiger partial charge in [-0.15, -0.1) is 0 Å². The molecule has 0 N–H and O–H groups in total. The molecule has 0 radical (unpaired) electrons. The van der Waals surface area contributed by atoms with E-state index in [1.165, 1.54) is 0 Å². The zero-order chi connectivity index (χ0) is 25.2. The number of carbonyl (C=O) groups excluding carboxylic acids is 3. The summed E-state index contributed by atoms with van der Waals surface area (Å²) in [5, 5.41) is 5.44. The molecule has 2 amide bonds. The average Bonchev–Trinajstić information content (AvgIpc) is 3.25. The molecule has 2 heterocycles. The second-order valence-electron chi connectivity index (χ2n) is 9.92. The second-order valence-corrected chi connectivity index (χ2v) is 9.92. The van der Waals surface area contributed by atoms with E-state index in [0.29, 0.717) is 31.7 Å². The Morgan fingerprint density at radius 3 is 2.29 bits per heavy atom. The summed E-state index contributed by atoms with van der Waals surface area (Å²) >= 11 is 0. The van der Waals surface area contributed by atoms with E-state index in [0.717, 1.165) is 16.5 Å². The lowest BCUT2D eigenvalue weighted by Crippen LogP contribution is -2.51. The molecule has 0 bridgehead atoms. The maximum Gasteiger partial charge on any atom is 0.310 e. The van der Waals surface area contributed by atoms with Gasteiger partial charge < -0.3 is 14.5 Å². The van der Waals surface area contributed by atoms with Crippen LogP contribution in [0.4, 0.5) is 0 Å². The van der Waals surface area contributed by atoms with Gasteiger partial charge >= 0.3 is 5.97 Å². The van der Waals surface area contributed by atoms with Gasteiger partial charge in [-0.1, -0.05) is 24.3 Å². The van der Waals surface area contributed by atoms with Crippen LogP contribution in [0, 0.1) is 0 Å². The van der Waals surface area contributed by atoms with Gasteiger partial charge in [-0.2, -0.15) is 5.10 Å². The van der Waals surface area contributed by atoms with Crippen molar-refractivity contribution in [3.63, 3.8) is 0 Å². The van der Waals surface area contributed by atoms with Gasteiger partial charge in [0.05, 0.1) is 11.9 Å². The highest BCUT2D eigenvalue weighted by atomic mass is 16.6. The van der Waals surface area contributed by atoms with E-state index in [9.17, 15) is 14.4 Å². The molecular formula is C27H32N4O4. The first kappa shape index (κ1) is 24.4. The summed E-state index contributed by atoms with van der Waals surface area (Å²) < 4.78 is 7.08. The number of fused-ring (bicyclic) bond motifs is 1. The lowest BCUT2D eigenvalue weighted by molar-refractivity contribution is -0.153. The maximum absolute atomic E-state index is 13.2. The molecule has 2 aromatic carbocycles. The quantitative estimate of drug-likeness (QED) is 0.527. The second kappa shape index (κ2) is 9.90. The number of aromatic nitrogens is 2. The smallest absolute Gasteiger partial charge is 0.310 e. The fourth-order valence-electron chi connectivity index (χ4n) is 4.22. The minimum atomic E-state index is -0.526. The molecule has 1 aliphatic heterocycles. The van der Waals surface area contributed by atoms with Gasteiger partial charge in [0.25, 0.3) is 5.91 Å². The minimum absolute atomic E-state index is 0.00809. The Bertz CT molecular complexity index is 1220. The number of carbonyl (C=O) groups is 3. The van der Waals surface area contributed by atoms with Crippen LogP contribution in [0.5, 0.6) is 0 Å². The van der Waals surface area contributed by atoms with Gasteiger partial charge in [-0.3, -0.25) is 19.1 Å². The number of esters is 1. The molecule has 0 aliphatic carbocycles. The van der Waals surface area contributed by atoms with Crippen LogP contribution >= 0.6 is 0 Å². The van der Waals surface area contributed by atoms with Crippen LogP contribution in [0.1, 0.15) is 49.7 Å². The van der Waals surface area contributed by atoms with E-state index >= 15 is 0 Å². The van der Waals surface area contributed by atoms with Crippen molar-refractivity contribution in [2.24, 2.45) is 0 Å². The van der Waals surface area contributed by atoms with E-state index in [4.69, 9.17) is 4.74 Å². The average molecular weight is 477 g/mol. The van der Waals surface area contributed by atoms with Crippen LogP contribution < -0.4 is 0 Å². The SMILES string of the molecule is CC(C(=O)N1CCN(C(=O)c2ccccc2)CC1)n1cc2cc(CC(=O)OC(C)(C)C)ccc2n1. The van der Waals surface area contributed by atoms with E-state index in [1.807, 2.05) is 82.4 Å². The van der Waals surface area contributed by atoms with Crippen molar-refractivity contribution in [2.45, 2.75) is 45.8 Å². The monoisotopic (exact) mass is 476 g/mol. The lowest BCUT2D eigenvalue weighted by atomic mass is 10.1. The number of benzene rings is 2. The Labute approximate surface area is 205 Å². The van der Waals surface area contributed by atoms with Gasteiger partial charge in [-0.25, -0.2) is 0 Å². The van der Waals surface area contributed by atoms with Crippen molar-refractivity contribution in [2.75, 3.05) is 26.2 Å². The number of ether oxygens (including phenoxy) is 1. The molecule has 184 valence electrons. The third-order valence-corrected chi connectivity index (χ3v) is 6.01. The topological polar surface area (TPSA) is 84.7 Å². The Morgan fingerprint density at radius 2 is 1.63 bits per heavy atom. The Hall–Kier alpha value is -3.68. The van der Waals surface area contributed by atoms with E-state index in [1.54, 1.807) is 14.5 Å². The molecule has 0 saturated carbocycles. The first-order chi connectivity index (χ1) is 16.6. The van der Waals surface area contributed by atoms with Crippen LogP contribution in [0.15, 0.2) is 54.7 Å². The first-order valence-electron chi connectivity index (χ1n) is 11.9. The Kier molecular flexibility index (Phi) is 6.91. The van der Waals surface area contributed by atoms with Crippen molar-refractivity contribution in [1.29, 1.82) is 0 Å². The standard InChI is InChI=1S/C27H32N4O4/c1-19(25(33)29-12-14-30(15-13-29)26(34)21-8-6-5-7-9-21)31-18-22-16-20(10-11-23(22)28-31)17-24(32)35-27(2,3)4/h5-11,16,18-19H,12-15,17H2,1-4H3. The van der Waals surface area contributed by atoms with Crippen molar-refractivity contribution < 1.29 is 19.1 Å². The Morgan fingerprint density at radius 1 is 0.971 bits per heavy atom. The molecule has 1 unspecified atom stereocenters. The zero-order valence-corrected chi connectivity index (χ0v) is 20.7. The third-order valence-electron chi connectivity index (χ3n) is 6.01. The number of piperazine rings is 1. The number of rotatable bonds is 5. The van der Waals surface area contributed by atoms with Crippen LogP contribution in [0.3, 0.4) is 0 Å². The number of hydrogen-bond donors (Lipinski definition) is 0. The zero-order valence-electron chi connectivity index (χ0n) is 20.7. The van der Waals surface area contributed by atoms with E-state index in [2.05, 4.69) is 5.10 Å². The third kappa shape index (κ3) is 5.88. The molecule has 3 aromatic rings. The highest BCUT2D eigenvalue weighted by Crippen LogP contribution is 2.20. The molecule has 1 fully saturated rings. The highest BCUT2D eigenvalue weighted by Gasteiger charge is 2.28. The van der Waals surface area contributed by atoms with Crippen molar-refractivity contribution in [3.05, 3.63) is 65.9 Å². The van der Waals surface area contributed by atoms with Crippen molar-refractivity contribution in [1.82, 2.24) is 19.6 Å².